The highest BCUT2D eigenvalue weighted by molar-refractivity contribution is 5.92. The van der Waals surface area contributed by atoms with Crippen molar-refractivity contribution < 1.29 is 14.3 Å². The molecule has 0 spiro atoms. The summed E-state index contributed by atoms with van der Waals surface area (Å²) in [5.41, 5.74) is 5.91. The monoisotopic (exact) mass is 289 g/mol. The quantitative estimate of drug-likeness (QED) is 0.885. The van der Waals surface area contributed by atoms with Gasteiger partial charge in [0.2, 0.25) is 5.88 Å². The van der Waals surface area contributed by atoms with E-state index in [0.717, 1.165) is 42.9 Å². The molecule has 111 valence electrons. The summed E-state index contributed by atoms with van der Waals surface area (Å²) in [6, 6.07) is 7.50. The van der Waals surface area contributed by atoms with Crippen LogP contribution in [0.4, 0.5) is 4.79 Å². The number of hydrogen-bond donors (Lipinski definition) is 1. The highest BCUT2D eigenvalue weighted by Crippen LogP contribution is 2.24. The van der Waals surface area contributed by atoms with E-state index in [4.69, 9.17) is 15.2 Å². The van der Waals surface area contributed by atoms with Crippen molar-refractivity contribution in [1.29, 1.82) is 0 Å². The lowest BCUT2D eigenvalue weighted by Gasteiger charge is -2.26. The van der Waals surface area contributed by atoms with Gasteiger partial charge in [0.05, 0.1) is 24.1 Å². The smallest absolute Gasteiger partial charge is 0.340 e. The van der Waals surface area contributed by atoms with Gasteiger partial charge in [0, 0.05) is 19.6 Å². The topological polar surface area (TPSA) is 82.6 Å². The molecule has 1 fully saturated rings. The Kier molecular flexibility index (Phi) is 4.03. The summed E-state index contributed by atoms with van der Waals surface area (Å²) < 4.78 is 12.2. The van der Waals surface area contributed by atoms with Crippen molar-refractivity contribution in [2.45, 2.75) is 0 Å². The third-order valence-electron chi connectivity index (χ3n) is 3.45. The zero-order valence-electron chi connectivity index (χ0n) is 11.6. The minimum absolute atomic E-state index is 0.422. The number of nitrogens with two attached hydrogens (primary N) is 1. The van der Waals surface area contributed by atoms with Crippen molar-refractivity contribution >= 4 is 16.9 Å². The van der Waals surface area contributed by atoms with Crippen LogP contribution in [-0.4, -0.2) is 60.2 Å². The number of morpholine rings is 1. The Morgan fingerprint density at radius 2 is 2.29 bits per heavy atom. The van der Waals surface area contributed by atoms with Gasteiger partial charge in [-0.1, -0.05) is 6.07 Å². The first kappa shape index (κ1) is 13.8. The van der Waals surface area contributed by atoms with Crippen molar-refractivity contribution in [3.63, 3.8) is 0 Å². The van der Waals surface area contributed by atoms with Crippen LogP contribution in [0.25, 0.3) is 10.9 Å². The number of amides is 1. The highest BCUT2D eigenvalue weighted by atomic mass is 16.5. The van der Waals surface area contributed by atoms with Crippen LogP contribution in [-0.2, 0) is 4.74 Å². The number of fused-ring (bicyclic) bond motifs is 1. The number of benzene rings is 1. The molecule has 2 heterocycles. The molecule has 2 N–H and O–H groups in total. The molecule has 0 bridgehead atoms. The molecule has 1 saturated heterocycles. The number of carbonyl (C=O) groups excluding carboxylic acids is 1. The molecule has 0 saturated carbocycles. The molecule has 1 aromatic heterocycles. The second-order valence-electron chi connectivity index (χ2n) is 4.80. The van der Waals surface area contributed by atoms with Crippen LogP contribution in [0.2, 0.25) is 0 Å². The van der Waals surface area contributed by atoms with Gasteiger partial charge in [-0.2, -0.15) is 4.68 Å². The predicted octanol–water partition coefficient (Wildman–Crippen LogP) is 0.474. The van der Waals surface area contributed by atoms with Crippen LogP contribution in [0.1, 0.15) is 0 Å². The molecule has 7 heteroatoms. The molecule has 1 aliphatic heterocycles. The van der Waals surface area contributed by atoms with E-state index in [2.05, 4.69) is 16.1 Å². The van der Waals surface area contributed by atoms with Crippen LogP contribution in [0.15, 0.2) is 18.2 Å². The van der Waals surface area contributed by atoms with E-state index >= 15 is 0 Å². The molecule has 1 aliphatic rings. The van der Waals surface area contributed by atoms with E-state index < -0.39 is 6.03 Å². The SMILES string of the molecule is NC(=O)n1nc(OCCN2CCOCC2)c2cc[c]cc21. The molecule has 0 atom stereocenters. The number of aromatic nitrogens is 2. The minimum Gasteiger partial charge on any atom is -0.475 e. The number of rotatable bonds is 4. The summed E-state index contributed by atoms with van der Waals surface area (Å²) in [7, 11) is 0. The van der Waals surface area contributed by atoms with E-state index in [-0.39, 0.29) is 0 Å². The standard InChI is InChI=1S/C14H17N4O3/c15-14(19)18-12-4-2-1-3-11(12)13(16-18)21-10-7-17-5-8-20-9-6-17/h1,3-4H,5-10H2,(H2,15,19). The van der Waals surface area contributed by atoms with Gasteiger partial charge in [0.1, 0.15) is 6.61 Å². The second kappa shape index (κ2) is 6.11. The maximum atomic E-state index is 11.4. The van der Waals surface area contributed by atoms with Crippen molar-refractivity contribution in [3.05, 3.63) is 24.3 Å². The van der Waals surface area contributed by atoms with Gasteiger partial charge in [-0.3, -0.25) is 4.90 Å². The maximum absolute atomic E-state index is 11.4. The second-order valence-corrected chi connectivity index (χ2v) is 4.80. The van der Waals surface area contributed by atoms with E-state index in [0.29, 0.717) is 18.0 Å². The lowest BCUT2D eigenvalue weighted by molar-refractivity contribution is 0.0320. The summed E-state index contributed by atoms with van der Waals surface area (Å²) in [6.07, 6.45) is 0. The molecule has 1 aromatic carbocycles. The summed E-state index contributed by atoms with van der Waals surface area (Å²) in [6.45, 7) is 4.64. The fraction of sp³-hybridized carbons (Fsp3) is 0.429. The molecule has 1 amide bonds. The average molecular weight is 289 g/mol. The predicted molar refractivity (Wildman–Crippen MR) is 76.3 cm³/mol. The number of primary amides is 1. The lowest BCUT2D eigenvalue weighted by atomic mass is 10.2. The van der Waals surface area contributed by atoms with Crippen molar-refractivity contribution in [2.24, 2.45) is 5.73 Å². The summed E-state index contributed by atoms with van der Waals surface area (Å²) >= 11 is 0. The lowest BCUT2D eigenvalue weighted by Crippen LogP contribution is -2.38. The average Bonchev–Trinajstić information content (AvgIpc) is 2.88. The first-order chi connectivity index (χ1) is 10.3. The van der Waals surface area contributed by atoms with Crippen LogP contribution in [0.3, 0.4) is 0 Å². The van der Waals surface area contributed by atoms with E-state index in [9.17, 15) is 4.79 Å². The fourth-order valence-electron chi connectivity index (χ4n) is 2.35. The zero-order valence-corrected chi connectivity index (χ0v) is 11.6. The normalized spacial score (nSPS) is 16.2. The Hall–Kier alpha value is -2.12. The van der Waals surface area contributed by atoms with Crippen LogP contribution in [0, 0.1) is 6.07 Å². The third-order valence-corrected chi connectivity index (χ3v) is 3.45. The number of ether oxygens (including phenoxy) is 2. The Morgan fingerprint density at radius 3 is 3.05 bits per heavy atom. The zero-order chi connectivity index (χ0) is 14.7. The molecule has 2 aromatic rings. The molecule has 21 heavy (non-hydrogen) atoms. The van der Waals surface area contributed by atoms with Crippen molar-refractivity contribution in [3.8, 4) is 5.88 Å². The van der Waals surface area contributed by atoms with Crippen molar-refractivity contribution in [1.82, 2.24) is 14.7 Å². The van der Waals surface area contributed by atoms with E-state index in [1.807, 2.05) is 6.07 Å². The number of carbonyl (C=O) groups is 1. The molecule has 3 rings (SSSR count). The molecular weight excluding hydrogens is 272 g/mol. The highest BCUT2D eigenvalue weighted by Gasteiger charge is 2.15. The molecule has 7 nitrogen and oxygen atoms in total. The van der Waals surface area contributed by atoms with Gasteiger partial charge in [0.15, 0.2) is 0 Å². The molecule has 0 unspecified atom stereocenters. The van der Waals surface area contributed by atoms with Crippen LogP contribution in [0.5, 0.6) is 5.88 Å². The molecule has 0 aliphatic carbocycles. The summed E-state index contributed by atoms with van der Waals surface area (Å²) in [5.74, 6) is 0.422. The van der Waals surface area contributed by atoms with Gasteiger partial charge in [0.25, 0.3) is 0 Å². The molecular formula is C14H17N4O3. The van der Waals surface area contributed by atoms with E-state index in [1.54, 1.807) is 12.1 Å². The number of hydrogen-bond acceptors (Lipinski definition) is 5. The van der Waals surface area contributed by atoms with Gasteiger partial charge in [-0.05, 0) is 18.2 Å². The first-order valence-corrected chi connectivity index (χ1v) is 6.87. The summed E-state index contributed by atoms with van der Waals surface area (Å²) in [4.78, 5) is 13.6. The Bertz CT molecular complexity index is 634. The molecule has 1 radical (unpaired) electrons. The van der Waals surface area contributed by atoms with Gasteiger partial charge < -0.3 is 15.2 Å². The van der Waals surface area contributed by atoms with E-state index in [1.165, 1.54) is 0 Å². The minimum atomic E-state index is -0.636. The first-order valence-electron chi connectivity index (χ1n) is 6.87. The Balaban J connectivity index is 1.70. The van der Waals surface area contributed by atoms with Crippen LogP contribution < -0.4 is 10.5 Å². The Labute approximate surface area is 122 Å². The largest absolute Gasteiger partial charge is 0.475 e. The van der Waals surface area contributed by atoms with Gasteiger partial charge in [-0.25, -0.2) is 4.79 Å². The Morgan fingerprint density at radius 1 is 1.48 bits per heavy atom. The third kappa shape index (κ3) is 2.98. The number of nitrogens with zero attached hydrogens (tertiary/aromatic N) is 3. The fourth-order valence-corrected chi connectivity index (χ4v) is 2.35. The van der Waals surface area contributed by atoms with Gasteiger partial charge >= 0.3 is 6.03 Å². The van der Waals surface area contributed by atoms with Crippen molar-refractivity contribution in [2.75, 3.05) is 39.5 Å². The summed E-state index contributed by atoms with van der Waals surface area (Å²) in [5, 5.41) is 4.89. The maximum Gasteiger partial charge on any atom is 0.340 e. The van der Waals surface area contributed by atoms with Crippen LogP contribution >= 0.6 is 0 Å². The van der Waals surface area contributed by atoms with Gasteiger partial charge in [-0.15, -0.1) is 5.10 Å².